The lowest BCUT2D eigenvalue weighted by molar-refractivity contribution is -0.121. The van der Waals surface area contributed by atoms with Crippen LogP contribution in [0.3, 0.4) is 0 Å². The largest absolute Gasteiger partial charge is 0.355 e. The van der Waals surface area contributed by atoms with E-state index < -0.39 is 11.2 Å². The highest BCUT2D eigenvalue weighted by Gasteiger charge is 2.14. The van der Waals surface area contributed by atoms with Crippen molar-refractivity contribution in [3.63, 3.8) is 0 Å². The molecule has 1 amide bonds. The number of hydrogen-bond acceptors (Lipinski definition) is 3. The van der Waals surface area contributed by atoms with Crippen LogP contribution in [0.5, 0.6) is 0 Å². The minimum absolute atomic E-state index is 0.236. The van der Waals surface area contributed by atoms with Gasteiger partial charge in [0.05, 0.1) is 10.9 Å². The standard InChI is InChI=1S/C19H27N3O3/c1-3-5-9-13-21-16-11-8-7-10-15(16)18(24)22(19(21)25)14-17(23)20-12-6-4-2/h7-8,10-11H,3-6,9,12-14H2,1-2H3,(H,20,23). The first-order chi connectivity index (χ1) is 12.1. The minimum Gasteiger partial charge on any atom is -0.355 e. The van der Waals surface area contributed by atoms with E-state index in [2.05, 4.69) is 12.2 Å². The van der Waals surface area contributed by atoms with Gasteiger partial charge in [-0.15, -0.1) is 0 Å². The molecule has 0 fully saturated rings. The molecule has 6 heteroatoms. The molecule has 25 heavy (non-hydrogen) atoms. The van der Waals surface area contributed by atoms with Crippen LogP contribution in [-0.4, -0.2) is 21.6 Å². The summed E-state index contributed by atoms with van der Waals surface area (Å²) in [6.45, 7) is 5.00. The van der Waals surface area contributed by atoms with E-state index in [1.54, 1.807) is 22.8 Å². The van der Waals surface area contributed by atoms with Crippen molar-refractivity contribution in [1.29, 1.82) is 0 Å². The highest BCUT2D eigenvalue weighted by atomic mass is 16.2. The number of hydrogen-bond donors (Lipinski definition) is 1. The molecule has 0 aliphatic carbocycles. The number of aromatic nitrogens is 2. The molecule has 0 aliphatic rings. The summed E-state index contributed by atoms with van der Waals surface area (Å²) in [5.74, 6) is -0.303. The number of benzene rings is 1. The Bertz CT molecular complexity index is 836. The number of fused-ring (bicyclic) bond motifs is 1. The molecule has 0 atom stereocenters. The van der Waals surface area contributed by atoms with E-state index in [0.29, 0.717) is 24.0 Å². The van der Waals surface area contributed by atoms with E-state index in [0.717, 1.165) is 36.7 Å². The van der Waals surface area contributed by atoms with Gasteiger partial charge in [0.25, 0.3) is 5.56 Å². The zero-order chi connectivity index (χ0) is 18.2. The number of nitrogens with one attached hydrogen (secondary N) is 1. The summed E-state index contributed by atoms with van der Waals surface area (Å²) in [5, 5.41) is 3.23. The van der Waals surface area contributed by atoms with Crippen molar-refractivity contribution in [2.45, 2.75) is 59.0 Å². The molecule has 0 bridgehead atoms. The van der Waals surface area contributed by atoms with Gasteiger partial charge in [-0.1, -0.05) is 45.2 Å². The first kappa shape index (κ1) is 19.0. The predicted molar refractivity (Wildman–Crippen MR) is 99.9 cm³/mol. The molecule has 0 spiro atoms. The third-order valence-corrected chi connectivity index (χ3v) is 4.27. The number of aryl methyl sites for hydroxylation is 1. The number of para-hydroxylation sites is 1. The van der Waals surface area contributed by atoms with E-state index in [1.165, 1.54) is 0 Å². The van der Waals surface area contributed by atoms with Crippen molar-refractivity contribution in [2.75, 3.05) is 6.54 Å². The van der Waals surface area contributed by atoms with E-state index in [4.69, 9.17) is 0 Å². The Hall–Kier alpha value is -2.37. The Balaban J connectivity index is 2.40. The first-order valence-electron chi connectivity index (χ1n) is 9.09. The lowest BCUT2D eigenvalue weighted by Gasteiger charge is -2.14. The third kappa shape index (κ3) is 4.59. The molecule has 0 saturated heterocycles. The predicted octanol–water partition coefficient (Wildman–Crippen LogP) is 2.27. The average Bonchev–Trinajstić information content (AvgIpc) is 2.62. The van der Waals surface area contributed by atoms with E-state index in [9.17, 15) is 14.4 Å². The van der Waals surface area contributed by atoms with Crippen LogP contribution in [-0.2, 0) is 17.9 Å². The van der Waals surface area contributed by atoms with Crippen molar-refractivity contribution in [1.82, 2.24) is 14.5 Å². The minimum atomic E-state index is -0.412. The molecule has 136 valence electrons. The van der Waals surface area contributed by atoms with E-state index >= 15 is 0 Å². The van der Waals surface area contributed by atoms with Crippen LogP contribution in [0, 0.1) is 0 Å². The third-order valence-electron chi connectivity index (χ3n) is 4.27. The van der Waals surface area contributed by atoms with Crippen molar-refractivity contribution in [3.8, 4) is 0 Å². The SMILES string of the molecule is CCCCCn1c(=O)n(CC(=O)NCCCC)c(=O)c2ccccc21. The highest BCUT2D eigenvalue weighted by Crippen LogP contribution is 2.09. The maximum Gasteiger partial charge on any atom is 0.331 e. The molecule has 1 aromatic heterocycles. The van der Waals surface area contributed by atoms with Crippen LogP contribution in [0.4, 0.5) is 0 Å². The molecule has 2 aromatic rings. The molecule has 0 saturated carbocycles. The molecular formula is C19H27N3O3. The summed E-state index contributed by atoms with van der Waals surface area (Å²) in [6, 6.07) is 7.09. The Morgan fingerprint density at radius 1 is 1.00 bits per heavy atom. The Morgan fingerprint density at radius 2 is 1.72 bits per heavy atom. The summed E-state index contributed by atoms with van der Waals surface area (Å²) in [6.07, 6.45) is 4.77. The topological polar surface area (TPSA) is 73.1 Å². The number of amides is 1. The molecular weight excluding hydrogens is 318 g/mol. The average molecular weight is 345 g/mol. The maximum atomic E-state index is 12.8. The molecule has 6 nitrogen and oxygen atoms in total. The van der Waals surface area contributed by atoms with Crippen LogP contribution >= 0.6 is 0 Å². The molecule has 2 rings (SSSR count). The molecule has 0 unspecified atom stereocenters. The van der Waals surface area contributed by atoms with Gasteiger partial charge in [-0.25, -0.2) is 4.79 Å². The van der Waals surface area contributed by atoms with E-state index in [1.807, 2.05) is 13.0 Å². The van der Waals surface area contributed by atoms with Gasteiger partial charge in [0.15, 0.2) is 0 Å². The quantitative estimate of drug-likeness (QED) is 0.709. The molecule has 1 N–H and O–H groups in total. The lowest BCUT2D eigenvalue weighted by atomic mass is 10.2. The fraction of sp³-hybridized carbons (Fsp3) is 0.526. The normalized spacial score (nSPS) is 11.0. The summed E-state index contributed by atoms with van der Waals surface area (Å²) in [7, 11) is 0. The highest BCUT2D eigenvalue weighted by molar-refractivity contribution is 5.79. The second kappa shape index (κ2) is 9.20. The number of carbonyl (C=O) groups is 1. The maximum absolute atomic E-state index is 12.8. The van der Waals surface area contributed by atoms with Gasteiger partial charge in [0, 0.05) is 13.1 Å². The Labute approximate surface area is 147 Å². The smallest absolute Gasteiger partial charge is 0.331 e. The molecule has 0 aliphatic heterocycles. The zero-order valence-electron chi connectivity index (χ0n) is 15.1. The van der Waals surface area contributed by atoms with Crippen LogP contribution in [0.25, 0.3) is 10.9 Å². The van der Waals surface area contributed by atoms with Gasteiger partial charge < -0.3 is 5.32 Å². The zero-order valence-corrected chi connectivity index (χ0v) is 15.1. The monoisotopic (exact) mass is 345 g/mol. The fourth-order valence-corrected chi connectivity index (χ4v) is 2.85. The van der Waals surface area contributed by atoms with Gasteiger partial charge in [-0.3, -0.25) is 18.7 Å². The molecule has 1 heterocycles. The van der Waals surface area contributed by atoms with Crippen molar-refractivity contribution >= 4 is 16.8 Å². The fourth-order valence-electron chi connectivity index (χ4n) is 2.85. The van der Waals surface area contributed by atoms with Crippen molar-refractivity contribution in [3.05, 3.63) is 45.1 Å². The summed E-state index contributed by atoms with van der Waals surface area (Å²) >= 11 is 0. The lowest BCUT2D eigenvalue weighted by Crippen LogP contribution is -2.44. The summed E-state index contributed by atoms with van der Waals surface area (Å²) in [5.41, 5.74) is -0.181. The van der Waals surface area contributed by atoms with Gasteiger partial charge in [0.1, 0.15) is 6.54 Å². The summed E-state index contributed by atoms with van der Waals surface area (Å²) in [4.78, 5) is 37.6. The first-order valence-corrected chi connectivity index (χ1v) is 9.09. The molecule has 1 aromatic carbocycles. The summed E-state index contributed by atoms with van der Waals surface area (Å²) < 4.78 is 2.67. The van der Waals surface area contributed by atoms with Gasteiger partial charge in [-0.05, 0) is 25.0 Å². The van der Waals surface area contributed by atoms with Crippen LogP contribution in [0.15, 0.2) is 33.9 Å². The van der Waals surface area contributed by atoms with Gasteiger partial charge in [-0.2, -0.15) is 0 Å². The van der Waals surface area contributed by atoms with E-state index in [-0.39, 0.29) is 12.5 Å². The van der Waals surface area contributed by atoms with Crippen LogP contribution < -0.4 is 16.6 Å². The number of unbranched alkanes of at least 4 members (excludes halogenated alkanes) is 3. The second-order valence-electron chi connectivity index (χ2n) is 6.25. The second-order valence-corrected chi connectivity index (χ2v) is 6.25. The number of nitrogens with zero attached hydrogens (tertiary/aromatic N) is 2. The van der Waals surface area contributed by atoms with Crippen molar-refractivity contribution in [2.24, 2.45) is 0 Å². The van der Waals surface area contributed by atoms with Gasteiger partial charge in [0.2, 0.25) is 5.91 Å². The van der Waals surface area contributed by atoms with Crippen LogP contribution in [0.1, 0.15) is 46.0 Å². The number of carbonyl (C=O) groups excluding carboxylic acids is 1. The molecule has 0 radical (unpaired) electrons. The Morgan fingerprint density at radius 3 is 2.44 bits per heavy atom. The van der Waals surface area contributed by atoms with Crippen molar-refractivity contribution < 1.29 is 4.79 Å². The van der Waals surface area contributed by atoms with Crippen LogP contribution in [0.2, 0.25) is 0 Å². The number of rotatable bonds is 9. The Kier molecular flexibility index (Phi) is 6.98. The van der Waals surface area contributed by atoms with Gasteiger partial charge >= 0.3 is 5.69 Å².